The van der Waals surface area contributed by atoms with E-state index in [1.807, 2.05) is 6.92 Å². The normalized spacial score (nSPS) is 11.5. The zero-order valence-electron chi connectivity index (χ0n) is 13.9. The number of hydrogen-bond donors (Lipinski definition) is 2. The molecule has 2 N–H and O–H groups in total. The number of carbonyl (C=O) groups is 1. The number of rotatable bonds is 4. The summed E-state index contributed by atoms with van der Waals surface area (Å²) < 4.78 is 28.9. The van der Waals surface area contributed by atoms with E-state index in [4.69, 9.17) is 0 Å². The van der Waals surface area contributed by atoms with Gasteiger partial charge in [-0.2, -0.15) is 18.6 Å². The van der Waals surface area contributed by atoms with Gasteiger partial charge in [0.2, 0.25) is 0 Å². The molecular weight excluding hydrogens is 342 g/mol. The first-order chi connectivity index (χ1) is 11.8. The molecule has 3 aromatic rings. The molecule has 0 aliphatic carbocycles. The van der Waals surface area contributed by atoms with Gasteiger partial charge in [0.1, 0.15) is 5.56 Å². The fourth-order valence-corrected chi connectivity index (χ4v) is 3.56. The van der Waals surface area contributed by atoms with Crippen LogP contribution < -0.4 is 4.72 Å². The highest BCUT2D eigenvalue weighted by molar-refractivity contribution is 7.92. The number of nitrogens with zero attached hydrogens (tertiary/aromatic N) is 3. The number of benzene rings is 1. The largest absolute Gasteiger partial charge is 0.283 e. The van der Waals surface area contributed by atoms with Gasteiger partial charge in [-0.05, 0) is 39.0 Å². The minimum Gasteiger partial charge on any atom is -0.278 e. The lowest BCUT2D eigenvalue weighted by Crippen LogP contribution is -2.21. The van der Waals surface area contributed by atoms with Gasteiger partial charge in [-0.1, -0.05) is 17.7 Å². The van der Waals surface area contributed by atoms with Crippen LogP contribution in [0.15, 0.2) is 41.6 Å². The summed E-state index contributed by atoms with van der Waals surface area (Å²) in [5.41, 5.74) is 2.59. The van der Waals surface area contributed by atoms with Crippen molar-refractivity contribution < 1.29 is 13.2 Å². The van der Waals surface area contributed by atoms with Crippen molar-refractivity contribution in [3.63, 3.8) is 0 Å². The molecule has 0 radical (unpaired) electrons. The molecule has 130 valence electrons. The van der Waals surface area contributed by atoms with Gasteiger partial charge >= 0.3 is 0 Å². The second-order valence-corrected chi connectivity index (χ2v) is 7.35. The molecule has 0 amide bonds. The maximum atomic E-state index is 12.7. The van der Waals surface area contributed by atoms with E-state index in [1.54, 1.807) is 44.2 Å². The SMILES string of the molecule is Cc1ccc(NS(=O)(=O)c2[nH]ncc2C(=O)n2nc(C)cc2C)cc1. The van der Waals surface area contributed by atoms with Crippen LogP contribution in [0.1, 0.15) is 27.3 Å². The van der Waals surface area contributed by atoms with Crippen molar-refractivity contribution >= 4 is 21.6 Å². The second kappa shape index (κ2) is 6.17. The van der Waals surface area contributed by atoms with E-state index in [9.17, 15) is 13.2 Å². The average molecular weight is 359 g/mol. The van der Waals surface area contributed by atoms with Crippen LogP contribution in [0.25, 0.3) is 0 Å². The number of anilines is 1. The van der Waals surface area contributed by atoms with Gasteiger partial charge in [-0.25, -0.2) is 4.68 Å². The second-order valence-electron chi connectivity index (χ2n) is 5.73. The van der Waals surface area contributed by atoms with Crippen molar-refractivity contribution in [2.24, 2.45) is 0 Å². The number of aryl methyl sites for hydroxylation is 3. The van der Waals surface area contributed by atoms with Crippen molar-refractivity contribution in [2.45, 2.75) is 25.8 Å². The summed E-state index contributed by atoms with van der Waals surface area (Å²) in [6, 6.07) is 8.59. The third-order valence-electron chi connectivity index (χ3n) is 3.61. The van der Waals surface area contributed by atoms with Crippen LogP contribution in [0.2, 0.25) is 0 Å². The lowest BCUT2D eigenvalue weighted by molar-refractivity contribution is 0.0939. The Balaban J connectivity index is 1.96. The van der Waals surface area contributed by atoms with E-state index in [2.05, 4.69) is 20.0 Å². The van der Waals surface area contributed by atoms with Crippen LogP contribution in [0.3, 0.4) is 0 Å². The van der Waals surface area contributed by atoms with Crippen molar-refractivity contribution in [1.82, 2.24) is 20.0 Å². The number of H-pyrrole nitrogens is 1. The van der Waals surface area contributed by atoms with E-state index in [1.165, 1.54) is 6.20 Å². The molecule has 0 spiro atoms. The van der Waals surface area contributed by atoms with E-state index in [-0.39, 0.29) is 10.6 Å². The molecule has 8 nitrogen and oxygen atoms in total. The van der Waals surface area contributed by atoms with Crippen LogP contribution in [-0.4, -0.2) is 34.3 Å². The summed E-state index contributed by atoms with van der Waals surface area (Å²) >= 11 is 0. The molecule has 2 heterocycles. The topological polar surface area (TPSA) is 110 Å². The van der Waals surface area contributed by atoms with Crippen LogP contribution in [-0.2, 0) is 10.0 Å². The molecule has 0 aliphatic heterocycles. The summed E-state index contributed by atoms with van der Waals surface area (Å²) in [6.07, 6.45) is 1.18. The molecular formula is C16H17N5O3S. The van der Waals surface area contributed by atoms with Gasteiger partial charge in [0.05, 0.1) is 11.9 Å². The highest BCUT2D eigenvalue weighted by Crippen LogP contribution is 2.19. The number of aromatic amines is 1. The van der Waals surface area contributed by atoms with Gasteiger partial charge in [-0.15, -0.1) is 0 Å². The Kier molecular flexibility index (Phi) is 4.17. The van der Waals surface area contributed by atoms with Gasteiger partial charge in [0, 0.05) is 11.4 Å². The van der Waals surface area contributed by atoms with E-state index < -0.39 is 15.9 Å². The molecule has 9 heteroatoms. The molecule has 1 aromatic carbocycles. The minimum absolute atomic E-state index is 0.0780. The summed E-state index contributed by atoms with van der Waals surface area (Å²) in [5.74, 6) is -0.566. The smallest absolute Gasteiger partial charge is 0.278 e. The molecule has 3 rings (SSSR count). The number of nitrogens with one attached hydrogen (secondary N) is 2. The highest BCUT2D eigenvalue weighted by Gasteiger charge is 2.27. The Morgan fingerprint density at radius 2 is 1.84 bits per heavy atom. The lowest BCUT2D eigenvalue weighted by Gasteiger charge is -2.08. The fourth-order valence-electron chi connectivity index (χ4n) is 2.41. The van der Waals surface area contributed by atoms with Crippen LogP contribution in [0.4, 0.5) is 5.69 Å². The maximum absolute atomic E-state index is 12.7. The Labute approximate surface area is 144 Å². The Morgan fingerprint density at radius 1 is 1.16 bits per heavy atom. The Bertz CT molecular complexity index is 1030. The van der Waals surface area contributed by atoms with Crippen molar-refractivity contribution in [3.8, 4) is 0 Å². The zero-order chi connectivity index (χ0) is 18.2. The quantitative estimate of drug-likeness (QED) is 0.740. The Morgan fingerprint density at radius 3 is 2.44 bits per heavy atom. The third kappa shape index (κ3) is 3.31. The predicted molar refractivity (Wildman–Crippen MR) is 92.0 cm³/mol. The number of sulfonamides is 1. The molecule has 0 unspecified atom stereocenters. The van der Waals surface area contributed by atoms with Crippen molar-refractivity contribution in [3.05, 3.63) is 59.0 Å². The third-order valence-corrected chi connectivity index (χ3v) is 4.96. The Hall–Kier alpha value is -2.94. The summed E-state index contributed by atoms with van der Waals surface area (Å²) in [5, 5.41) is 9.91. The summed E-state index contributed by atoms with van der Waals surface area (Å²) in [7, 11) is -4.00. The number of carbonyl (C=O) groups excluding carboxylic acids is 1. The van der Waals surface area contributed by atoms with E-state index >= 15 is 0 Å². The monoisotopic (exact) mass is 359 g/mol. The van der Waals surface area contributed by atoms with Gasteiger partial charge in [0.15, 0.2) is 5.03 Å². The summed E-state index contributed by atoms with van der Waals surface area (Å²) in [6.45, 7) is 5.37. The van der Waals surface area contributed by atoms with Crippen LogP contribution >= 0.6 is 0 Å². The first kappa shape index (κ1) is 16.9. The van der Waals surface area contributed by atoms with E-state index in [0.29, 0.717) is 17.1 Å². The van der Waals surface area contributed by atoms with Gasteiger partial charge in [-0.3, -0.25) is 14.6 Å². The highest BCUT2D eigenvalue weighted by atomic mass is 32.2. The predicted octanol–water partition coefficient (Wildman–Crippen LogP) is 2.02. The molecule has 0 fully saturated rings. The maximum Gasteiger partial charge on any atom is 0.283 e. The van der Waals surface area contributed by atoms with Crippen molar-refractivity contribution in [1.29, 1.82) is 0 Å². The first-order valence-electron chi connectivity index (χ1n) is 7.49. The zero-order valence-corrected chi connectivity index (χ0v) is 14.8. The van der Waals surface area contributed by atoms with Crippen LogP contribution in [0.5, 0.6) is 0 Å². The fraction of sp³-hybridized carbons (Fsp3) is 0.188. The lowest BCUT2D eigenvalue weighted by atomic mass is 10.2. The minimum atomic E-state index is -4.00. The molecule has 25 heavy (non-hydrogen) atoms. The number of hydrogen-bond acceptors (Lipinski definition) is 5. The number of aromatic nitrogens is 4. The molecule has 0 saturated heterocycles. The van der Waals surface area contributed by atoms with Crippen molar-refractivity contribution in [2.75, 3.05) is 4.72 Å². The average Bonchev–Trinajstić information content (AvgIpc) is 3.16. The van der Waals surface area contributed by atoms with Gasteiger partial charge < -0.3 is 0 Å². The molecule has 0 atom stereocenters. The summed E-state index contributed by atoms with van der Waals surface area (Å²) in [4.78, 5) is 12.7. The standard InChI is InChI=1S/C16H17N5O3S/c1-10-4-6-13(7-5-10)20-25(23,24)15-14(9-17-18-15)16(22)21-12(3)8-11(2)19-21/h4-9,20H,1-3H3,(H,17,18). The molecule has 0 bridgehead atoms. The molecule has 2 aromatic heterocycles. The van der Waals surface area contributed by atoms with Crippen LogP contribution in [0, 0.1) is 20.8 Å². The van der Waals surface area contributed by atoms with E-state index in [0.717, 1.165) is 10.2 Å². The first-order valence-corrected chi connectivity index (χ1v) is 8.97. The molecule has 0 aliphatic rings. The van der Waals surface area contributed by atoms with Gasteiger partial charge in [0.25, 0.3) is 15.9 Å². The molecule has 0 saturated carbocycles.